The minimum atomic E-state index is -0.330. The summed E-state index contributed by atoms with van der Waals surface area (Å²) in [5.41, 5.74) is 2.48. The number of carbonyl (C=O) groups excluding carboxylic acids is 1. The SMILES string of the molecule is Cc1cccc2nc(C(=O)NCc3ccccc3F)cn12. The van der Waals surface area contributed by atoms with E-state index in [0.717, 1.165) is 5.69 Å². The molecule has 2 heterocycles. The van der Waals surface area contributed by atoms with Crippen molar-refractivity contribution < 1.29 is 9.18 Å². The van der Waals surface area contributed by atoms with E-state index in [-0.39, 0.29) is 18.3 Å². The van der Waals surface area contributed by atoms with Crippen LogP contribution < -0.4 is 5.32 Å². The number of aromatic nitrogens is 2. The van der Waals surface area contributed by atoms with Crippen LogP contribution in [0.5, 0.6) is 0 Å². The number of hydrogen-bond acceptors (Lipinski definition) is 2. The number of nitrogens with one attached hydrogen (secondary N) is 1. The number of amides is 1. The molecule has 0 saturated heterocycles. The Kier molecular flexibility index (Phi) is 3.39. The molecule has 106 valence electrons. The summed E-state index contributed by atoms with van der Waals surface area (Å²) in [6, 6.07) is 12.0. The zero-order valence-corrected chi connectivity index (χ0v) is 11.5. The van der Waals surface area contributed by atoms with Gasteiger partial charge in [-0.25, -0.2) is 9.37 Å². The van der Waals surface area contributed by atoms with E-state index in [4.69, 9.17) is 0 Å². The standard InChI is InChI=1S/C16H14FN3O/c1-11-5-4-8-15-19-14(10-20(11)15)16(21)18-9-12-6-2-3-7-13(12)17/h2-8,10H,9H2,1H3,(H,18,21). The number of aryl methyl sites for hydroxylation is 1. The van der Waals surface area contributed by atoms with Gasteiger partial charge in [-0.2, -0.15) is 0 Å². The fourth-order valence-electron chi connectivity index (χ4n) is 2.17. The van der Waals surface area contributed by atoms with Crippen LogP contribution in [0.1, 0.15) is 21.7 Å². The van der Waals surface area contributed by atoms with E-state index < -0.39 is 0 Å². The van der Waals surface area contributed by atoms with Gasteiger partial charge in [0.15, 0.2) is 0 Å². The minimum absolute atomic E-state index is 0.137. The quantitative estimate of drug-likeness (QED) is 0.803. The van der Waals surface area contributed by atoms with Crippen molar-refractivity contribution in [3.63, 3.8) is 0 Å². The second-order valence-corrected chi connectivity index (χ2v) is 4.80. The number of nitrogens with zero attached hydrogens (tertiary/aromatic N) is 2. The lowest BCUT2D eigenvalue weighted by molar-refractivity contribution is 0.0946. The van der Waals surface area contributed by atoms with Crippen molar-refractivity contribution in [3.05, 3.63) is 71.4 Å². The Morgan fingerprint density at radius 3 is 2.81 bits per heavy atom. The van der Waals surface area contributed by atoms with Crippen molar-refractivity contribution in [2.75, 3.05) is 0 Å². The summed E-state index contributed by atoms with van der Waals surface area (Å²) in [5, 5.41) is 2.68. The number of hydrogen-bond donors (Lipinski definition) is 1. The Balaban J connectivity index is 1.78. The monoisotopic (exact) mass is 283 g/mol. The van der Waals surface area contributed by atoms with Crippen LogP contribution in [0.3, 0.4) is 0 Å². The first-order chi connectivity index (χ1) is 10.1. The highest BCUT2D eigenvalue weighted by Crippen LogP contribution is 2.09. The van der Waals surface area contributed by atoms with Crippen molar-refractivity contribution in [1.29, 1.82) is 0 Å². The number of carbonyl (C=O) groups is 1. The first-order valence-electron chi connectivity index (χ1n) is 6.61. The molecule has 0 fully saturated rings. The van der Waals surface area contributed by atoms with Crippen LogP contribution >= 0.6 is 0 Å². The molecule has 0 saturated carbocycles. The number of pyridine rings is 1. The average Bonchev–Trinajstić information content (AvgIpc) is 2.92. The predicted octanol–water partition coefficient (Wildman–Crippen LogP) is 2.71. The molecule has 0 atom stereocenters. The minimum Gasteiger partial charge on any atom is -0.346 e. The third-order valence-corrected chi connectivity index (χ3v) is 3.33. The molecule has 21 heavy (non-hydrogen) atoms. The molecule has 0 aliphatic carbocycles. The summed E-state index contributed by atoms with van der Waals surface area (Å²) < 4.78 is 15.3. The van der Waals surface area contributed by atoms with Crippen LogP contribution in [0.25, 0.3) is 5.65 Å². The van der Waals surface area contributed by atoms with E-state index in [0.29, 0.717) is 16.9 Å². The molecule has 0 aliphatic heterocycles. The molecule has 0 bridgehead atoms. The molecule has 5 heteroatoms. The topological polar surface area (TPSA) is 46.4 Å². The lowest BCUT2D eigenvalue weighted by atomic mass is 10.2. The van der Waals surface area contributed by atoms with Gasteiger partial charge in [0.25, 0.3) is 5.91 Å². The molecule has 0 unspecified atom stereocenters. The number of rotatable bonds is 3. The van der Waals surface area contributed by atoms with E-state index in [1.807, 2.05) is 29.5 Å². The van der Waals surface area contributed by atoms with Crippen LogP contribution in [0.2, 0.25) is 0 Å². The Hall–Kier alpha value is -2.69. The van der Waals surface area contributed by atoms with Crippen molar-refractivity contribution in [2.24, 2.45) is 0 Å². The van der Waals surface area contributed by atoms with Gasteiger partial charge in [-0.05, 0) is 25.1 Å². The summed E-state index contributed by atoms with van der Waals surface area (Å²) in [6.07, 6.45) is 1.68. The van der Waals surface area contributed by atoms with Crippen LogP contribution in [-0.4, -0.2) is 15.3 Å². The summed E-state index contributed by atoms with van der Waals surface area (Å²) in [6.45, 7) is 2.08. The largest absolute Gasteiger partial charge is 0.346 e. The lowest BCUT2D eigenvalue weighted by Gasteiger charge is -2.04. The van der Waals surface area contributed by atoms with Crippen LogP contribution in [0, 0.1) is 12.7 Å². The van der Waals surface area contributed by atoms with E-state index in [2.05, 4.69) is 10.3 Å². The zero-order chi connectivity index (χ0) is 14.8. The first-order valence-corrected chi connectivity index (χ1v) is 6.61. The van der Waals surface area contributed by atoms with Gasteiger partial charge in [-0.15, -0.1) is 0 Å². The maximum Gasteiger partial charge on any atom is 0.271 e. The van der Waals surface area contributed by atoms with Gasteiger partial charge in [0.1, 0.15) is 17.2 Å². The molecule has 4 nitrogen and oxygen atoms in total. The van der Waals surface area contributed by atoms with Crippen molar-refractivity contribution in [2.45, 2.75) is 13.5 Å². The molecular formula is C16H14FN3O. The summed E-state index contributed by atoms with van der Waals surface area (Å²) >= 11 is 0. The molecule has 0 spiro atoms. The lowest BCUT2D eigenvalue weighted by Crippen LogP contribution is -2.23. The highest BCUT2D eigenvalue weighted by molar-refractivity contribution is 5.92. The molecule has 0 aliphatic rings. The smallest absolute Gasteiger partial charge is 0.271 e. The average molecular weight is 283 g/mol. The van der Waals surface area contributed by atoms with Crippen LogP contribution in [-0.2, 0) is 6.54 Å². The number of benzene rings is 1. The van der Waals surface area contributed by atoms with Gasteiger partial charge in [0.05, 0.1) is 0 Å². The van der Waals surface area contributed by atoms with Crippen molar-refractivity contribution >= 4 is 11.6 Å². The zero-order valence-electron chi connectivity index (χ0n) is 11.5. The maximum absolute atomic E-state index is 13.5. The Morgan fingerprint density at radius 2 is 2.05 bits per heavy atom. The molecule has 2 aromatic heterocycles. The predicted molar refractivity (Wildman–Crippen MR) is 77.5 cm³/mol. The Labute approximate surface area is 121 Å². The fourth-order valence-corrected chi connectivity index (χ4v) is 2.17. The molecule has 1 N–H and O–H groups in total. The van der Waals surface area contributed by atoms with Crippen LogP contribution in [0.15, 0.2) is 48.7 Å². The maximum atomic E-state index is 13.5. The fraction of sp³-hybridized carbons (Fsp3) is 0.125. The van der Waals surface area contributed by atoms with Gasteiger partial charge in [0.2, 0.25) is 0 Å². The van der Waals surface area contributed by atoms with Gasteiger partial charge >= 0.3 is 0 Å². The molecular weight excluding hydrogens is 269 g/mol. The molecule has 1 amide bonds. The first kappa shape index (κ1) is 13.3. The summed E-state index contributed by atoms with van der Waals surface area (Å²) in [5.74, 6) is -0.648. The van der Waals surface area contributed by atoms with E-state index in [9.17, 15) is 9.18 Å². The van der Waals surface area contributed by atoms with Gasteiger partial charge in [-0.1, -0.05) is 24.3 Å². The Bertz CT molecular complexity index is 810. The van der Waals surface area contributed by atoms with Crippen LogP contribution in [0.4, 0.5) is 4.39 Å². The van der Waals surface area contributed by atoms with Crippen molar-refractivity contribution in [3.8, 4) is 0 Å². The second kappa shape index (κ2) is 5.36. The summed E-state index contributed by atoms with van der Waals surface area (Å²) in [4.78, 5) is 16.4. The van der Waals surface area contributed by atoms with E-state index in [1.165, 1.54) is 6.07 Å². The highest BCUT2D eigenvalue weighted by atomic mass is 19.1. The third kappa shape index (κ3) is 2.63. The summed E-state index contributed by atoms with van der Waals surface area (Å²) in [7, 11) is 0. The number of imidazole rings is 1. The molecule has 1 aromatic carbocycles. The van der Waals surface area contributed by atoms with Gasteiger partial charge in [-0.3, -0.25) is 4.79 Å². The normalized spacial score (nSPS) is 10.8. The van der Waals surface area contributed by atoms with E-state index >= 15 is 0 Å². The molecule has 3 rings (SSSR count). The van der Waals surface area contributed by atoms with Gasteiger partial charge in [0, 0.05) is 24.0 Å². The van der Waals surface area contributed by atoms with Gasteiger partial charge < -0.3 is 9.72 Å². The third-order valence-electron chi connectivity index (χ3n) is 3.33. The Morgan fingerprint density at radius 1 is 1.24 bits per heavy atom. The highest BCUT2D eigenvalue weighted by Gasteiger charge is 2.11. The van der Waals surface area contributed by atoms with E-state index in [1.54, 1.807) is 24.4 Å². The number of fused-ring (bicyclic) bond motifs is 1. The number of halogens is 1. The van der Waals surface area contributed by atoms with Crippen molar-refractivity contribution in [1.82, 2.24) is 14.7 Å². The molecule has 3 aromatic rings. The second-order valence-electron chi connectivity index (χ2n) is 4.80. The molecule has 0 radical (unpaired) electrons.